The number of piperidine rings is 2. The number of aldehydes is 1. The van der Waals surface area contributed by atoms with E-state index < -0.39 is 0 Å². The van der Waals surface area contributed by atoms with Crippen LogP contribution in [0.3, 0.4) is 0 Å². The summed E-state index contributed by atoms with van der Waals surface area (Å²) in [6.07, 6.45) is 9.43. The van der Waals surface area contributed by atoms with E-state index >= 15 is 0 Å². The molecule has 4 aromatic carbocycles. The molecular formula is C48H65BN4O4. The quantitative estimate of drug-likeness (QED) is 0.0961. The Balaban J connectivity index is 0.000000210. The van der Waals surface area contributed by atoms with Gasteiger partial charge in [-0.25, -0.2) is 0 Å². The van der Waals surface area contributed by atoms with Crippen molar-refractivity contribution >= 4 is 36.5 Å². The first-order valence-corrected chi connectivity index (χ1v) is 21.2. The fourth-order valence-electron chi connectivity index (χ4n) is 7.77. The zero-order valence-electron chi connectivity index (χ0n) is 34.6. The highest BCUT2D eigenvalue weighted by atomic mass is 16.2. The van der Waals surface area contributed by atoms with Gasteiger partial charge in [-0.1, -0.05) is 111 Å². The van der Waals surface area contributed by atoms with E-state index in [1.807, 2.05) is 121 Å². The molecule has 0 saturated carbocycles. The van der Waals surface area contributed by atoms with Gasteiger partial charge < -0.3 is 24.4 Å². The third-order valence-electron chi connectivity index (χ3n) is 11.0. The van der Waals surface area contributed by atoms with Crippen LogP contribution in [0.1, 0.15) is 76.3 Å². The molecule has 2 aliphatic heterocycles. The van der Waals surface area contributed by atoms with Crippen molar-refractivity contribution in [1.29, 1.82) is 0 Å². The van der Waals surface area contributed by atoms with Crippen molar-refractivity contribution in [1.82, 2.24) is 9.71 Å². The van der Waals surface area contributed by atoms with E-state index in [2.05, 4.69) is 40.0 Å². The Hall–Kier alpha value is -4.57. The molecule has 9 heteroatoms. The van der Waals surface area contributed by atoms with Crippen LogP contribution in [0.5, 0.6) is 0 Å². The maximum absolute atomic E-state index is 12.4. The minimum absolute atomic E-state index is 0.175. The van der Waals surface area contributed by atoms with Gasteiger partial charge >= 0.3 is 7.05 Å². The van der Waals surface area contributed by atoms with Crippen LogP contribution in [0.25, 0.3) is 0 Å². The van der Waals surface area contributed by atoms with Crippen molar-refractivity contribution in [3.63, 3.8) is 0 Å². The standard InChI is InChI=1S/C23H30N2O.C17H27BN2O2.C8H8O/c1-2-23(26)25(22-13-7-4-8-14-22)17-15-21-12-9-16-24(19-21)18-20-10-5-3-6-11-20;1-3-17(21)20(16-9-5-4-6-10-16)13-11-15-8-7-12-19(14-15)18(2)22;9-7-6-8-4-2-1-3-5-8/h3-8,10-11,13-14,21H,2,9,12,15-19H2,1H3;4-6,9-10,15,22H,3,7-8,11-14H2,1-2H3;1-5,7H,6H2. The van der Waals surface area contributed by atoms with Crippen molar-refractivity contribution < 1.29 is 19.4 Å². The van der Waals surface area contributed by atoms with Crippen LogP contribution in [-0.4, -0.2) is 79.2 Å². The van der Waals surface area contributed by atoms with E-state index in [4.69, 9.17) is 0 Å². The molecule has 2 heterocycles. The lowest BCUT2D eigenvalue weighted by Gasteiger charge is -2.34. The number of amides is 2. The monoisotopic (exact) mass is 773 g/mol. The molecule has 2 atom stereocenters. The highest BCUT2D eigenvalue weighted by Gasteiger charge is 2.26. The molecule has 6 rings (SSSR count). The average molecular weight is 773 g/mol. The van der Waals surface area contributed by atoms with E-state index in [0.29, 0.717) is 31.1 Å². The Morgan fingerprint density at radius 1 is 0.667 bits per heavy atom. The fraction of sp³-hybridized carbons (Fsp3) is 0.438. The predicted octanol–water partition coefficient (Wildman–Crippen LogP) is 8.80. The molecule has 8 nitrogen and oxygen atoms in total. The molecule has 0 radical (unpaired) electrons. The zero-order chi connectivity index (χ0) is 40.7. The fourth-order valence-corrected chi connectivity index (χ4v) is 7.77. The number of carbonyl (C=O) groups excluding carboxylic acids is 3. The SMILES string of the molecule is CCC(=O)N(CCC1CCCN(B(C)O)C1)c1ccccc1.CCC(=O)N(CCC1CCCN(Cc2ccccc2)C1)c1ccccc1.O=CCc1ccccc1. The average Bonchev–Trinajstić information content (AvgIpc) is 3.26. The Bertz CT molecular complexity index is 1700. The summed E-state index contributed by atoms with van der Waals surface area (Å²) in [5, 5.41) is 9.74. The number of likely N-dealkylation sites (tertiary alicyclic amines) is 1. The van der Waals surface area contributed by atoms with Crippen molar-refractivity contribution in [3.8, 4) is 0 Å². The summed E-state index contributed by atoms with van der Waals surface area (Å²) in [6.45, 7) is 12.5. The van der Waals surface area contributed by atoms with Gasteiger partial charge in [0.15, 0.2) is 0 Å². The van der Waals surface area contributed by atoms with Crippen molar-refractivity contribution in [3.05, 3.63) is 132 Å². The second-order valence-electron chi connectivity index (χ2n) is 15.3. The van der Waals surface area contributed by atoms with Gasteiger partial charge in [-0.15, -0.1) is 0 Å². The zero-order valence-corrected chi connectivity index (χ0v) is 34.6. The highest BCUT2D eigenvalue weighted by Crippen LogP contribution is 2.25. The van der Waals surface area contributed by atoms with E-state index in [1.54, 1.807) is 0 Å². The summed E-state index contributed by atoms with van der Waals surface area (Å²) in [5.41, 5.74) is 4.47. The maximum atomic E-state index is 12.4. The Morgan fingerprint density at radius 3 is 1.56 bits per heavy atom. The summed E-state index contributed by atoms with van der Waals surface area (Å²) in [6, 6.07) is 40.4. The summed E-state index contributed by atoms with van der Waals surface area (Å²) in [7, 11) is -0.370. The molecule has 0 spiro atoms. The first-order valence-electron chi connectivity index (χ1n) is 21.2. The lowest BCUT2D eigenvalue weighted by molar-refractivity contribution is -0.119. The summed E-state index contributed by atoms with van der Waals surface area (Å²) in [5.74, 6) is 1.62. The first kappa shape index (κ1) is 45.1. The molecule has 2 unspecified atom stereocenters. The molecule has 0 aliphatic carbocycles. The van der Waals surface area contributed by atoms with Gasteiger partial charge in [0.25, 0.3) is 0 Å². The maximum Gasteiger partial charge on any atom is 0.376 e. The lowest BCUT2D eigenvalue weighted by Crippen LogP contribution is -2.45. The molecule has 1 N–H and O–H groups in total. The van der Waals surface area contributed by atoms with Gasteiger partial charge in [-0.05, 0) is 112 Å². The number of anilines is 2. The van der Waals surface area contributed by atoms with Crippen LogP contribution in [0.4, 0.5) is 11.4 Å². The summed E-state index contributed by atoms with van der Waals surface area (Å²) in [4.78, 5) is 43.2. The van der Waals surface area contributed by atoms with Gasteiger partial charge in [0, 0.05) is 56.8 Å². The number of nitrogens with zero attached hydrogens (tertiary/aromatic N) is 4. The first-order chi connectivity index (χ1) is 27.8. The van der Waals surface area contributed by atoms with Crippen molar-refractivity contribution in [2.45, 2.75) is 85.0 Å². The minimum atomic E-state index is -0.370. The van der Waals surface area contributed by atoms with Crippen LogP contribution in [0.2, 0.25) is 6.82 Å². The van der Waals surface area contributed by atoms with Crippen molar-refractivity contribution in [2.75, 3.05) is 49.1 Å². The third kappa shape index (κ3) is 16.1. The molecule has 4 aromatic rings. The van der Waals surface area contributed by atoms with Crippen LogP contribution >= 0.6 is 0 Å². The molecule has 304 valence electrons. The molecule has 2 aliphatic rings. The lowest BCUT2D eigenvalue weighted by atomic mass is 9.80. The third-order valence-corrected chi connectivity index (χ3v) is 11.0. The van der Waals surface area contributed by atoms with Crippen LogP contribution < -0.4 is 9.80 Å². The number of rotatable bonds is 15. The van der Waals surface area contributed by atoms with E-state index in [-0.39, 0.29) is 18.9 Å². The van der Waals surface area contributed by atoms with Gasteiger partial charge in [0.1, 0.15) is 6.29 Å². The Morgan fingerprint density at radius 2 is 1.11 bits per heavy atom. The second kappa shape index (κ2) is 25.6. The largest absolute Gasteiger partial charge is 0.437 e. The van der Waals surface area contributed by atoms with Crippen LogP contribution in [0, 0.1) is 11.8 Å². The smallest absolute Gasteiger partial charge is 0.376 e. The topological polar surface area (TPSA) is 84.4 Å². The molecule has 2 fully saturated rings. The molecule has 2 saturated heterocycles. The van der Waals surface area contributed by atoms with Gasteiger partial charge in [0.2, 0.25) is 11.8 Å². The normalized spacial score (nSPS) is 16.8. The Labute approximate surface area is 343 Å². The number of hydrogen-bond acceptors (Lipinski definition) is 6. The van der Waals surface area contributed by atoms with E-state index in [0.717, 1.165) is 81.8 Å². The van der Waals surface area contributed by atoms with Crippen LogP contribution in [-0.2, 0) is 27.3 Å². The molecule has 0 aromatic heterocycles. The van der Waals surface area contributed by atoms with Gasteiger partial charge in [0.05, 0.1) is 0 Å². The Kier molecular flexibility index (Phi) is 20.3. The number of benzene rings is 4. The number of para-hydroxylation sites is 2. The van der Waals surface area contributed by atoms with E-state index in [1.165, 1.54) is 31.4 Å². The molecule has 57 heavy (non-hydrogen) atoms. The summed E-state index contributed by atoms with van der Waals surface area (Å²) >= 11 is 0. The van der Waals surface area contributed by atoms with Gasteiger partial charge in [-0.3, -0.25) is 14.5 Å². The molecular weight excluding hydrogens is 707 g/mol. The highest BCUT2D eigenvalue weighted by molar-refractivity contribution is 6.45. The number of hydrogen-bond donors (Lipinski definition) is 1. The van der Waals surface area contributed by atoms with Crippen LogP contribution in [0.15, 0.2) is 121 Å². The van der Waals surface area contributed by atoms with E-state index in [9.17, 15) is 19.4 Å². The minimum Gasteiger partial charge on any atom is -0.437 e. The number of carbonyl (C=O) groups is 3. The van der Waals surface area contributed by atoms with Crippen molar-refractivity contribution in [2.24, 2.45) is 11.8 Å². The molecule has 0 bridgehead atoms. The molecule has 2 amide bonds. The van der Waals surface area contributed by atoms with Gasteiger partial charge in [-0.2, -0.15) is 0 Å². The predicted molar refractivity (Wildman–Crippen MR) is 236 cm³/mol. The summed E-state index contributed by atoms with van der Waals surface area (Å²) < 4.78 is 0. The second-order valence-corrected chi connectivity index (χ2v) is 15.3.